The first-order chi connectivity index (χ1) is 12.6. The van der Waals surface area contributed by atoms with Crippen LogP contribution in [0.2, 0.25) is 5.02 Å². The number of benzene rings is 2. The van der Waals surface area contributed by atoms with Gasteiger partial charge in [-0.25, -0.2) is 8.42 Å². The van der Waals surface area contributed by atoms with Gasteiger partial charge in [0, 0.05) is 17.6 Å². The molecule has 3 rings (SSSR count). The van der Waals surface area contributed by atoms with Gasteiger partial charge >= 0.3 is 0 Å². The van der Waals surface area contributed by atoms with E-state index in [0.29, 0.717) is 15.4 Å². The molecule has 1 aromatic heterocycles. The van der Waals surface area contributed by atoms with Gasteiger partial charge in [0.15, 0.2) is 14.6 Å². The predicted molar refractivity (Wildman–Crippen MR) is 109 cm³/mol. The van der Waals surface area contributed by atoms with Crippen LogP contribution < -0.4 is 4.80 Å². The summed E-state index contributed by atoms with van der Waals surface area (Å²) in [4.78, 5) is 17.5. The summed E-state index contributed by atoms with van der Waals surface area (Å²) in [5.41, 5.74) is 2.22. The maximum atomic E-state index is 12.5. The van der Waals surface area contributed by atoms with Crippen molar-refractivity contribution in [2.75, 3.05) is 0 Å². The first-order valence-electron chi connectivity index (χ1n) is 8.30. The number of sulfone groups is 1. The van der Waals surface area contributed by atoms with Crippen molar-refractivity contribution in [1.29, 1.82) is 0 Å². The summed E-state index contributed by atoms with van der Waals surface area (Å²) in [7, 11) is -1.53. The largest absolute Gasteiger partial charge is 0.319 e. The van der Waals surface area contributed by atoms with Gasteiger partial charge in [-0.15, -0.1) is 0 Å². The van der Waals surface area contributed by atoms with E-state index in [9.17, 15) is 13.2 Å². The number of thiazole rings is 1. The SMILES string of the molecule is Cc1c(Cl)ccc2sc(=NC(=O)c3ccc(S(=O)(=O)C(C)C)cc3)n(C)c12. The number of carbonyl (C=O) groups excluding carboxylic acids is 1. The first kappa shape index (κ1) is 19.8. The number of carbonyl (C=O) groups is 1. The average molecular weight is 423 g/mol. The third-order valence-corrected chi connectivity index (χ3v) is 8.08. The minimum Gasteiger partial charge on any atom is -0.319 e. The number of aryl methyl sites for hydroxylation is 2. The summed E-state index contributed by atoms with van der Waals surface area (Å²) < 4.78 is 27.2. The lowest BCUT2D eigenvalue weighted by molar-refractivity contribution is 0.0998. The highest BCUT2D eigenvalue weighted by atomic mass is 35.5. The number of amides is 1. The van der Waals surface area contributed by atoms with Gasteiger partial charge < -0.3 is 4.57 Å². The summed E-state index contributed by atoms with van der Waals surface area (Å²) in [5.74, 6) is -0.422. The van der Waals surface area contributed by atoms with E-state index in [2.05, 4.69) is 4.99 Å². The van der Waals surface area contributed by atoms with Crippen LogP contribution in [0, 0.1) is 6.92 Å². The molecule has 0 fully saturated rings. The minimum absolute atomic E-state index is 0.201. The Morgan fingerprint density at radius 3 is 2.37 bits per heavy atom. The molecule has 0 N–H and O–H groups in total. The molecule has 1 heterocycles. The van der Waals surface area contributed by atoms with Gasteiger partial charge in [-0.05, 0) is 62.7 Å². The van der Waals surface area contributed by atoms with E-state index in [-0.39, 0.29) is 4.90 Å². The van der Waals surface area contributed by atoms with E-state index < -0.39 is 21.0 Å². The van der Waals surface area contributed by atoms with Crippen LogP contribution in [0.5, 0.6) is 0 Å². The highest BCUT2D eigenvalue weighted by Gasteiger charge is 2.19. The van der Waals surface area contributed by atoms with Crippen molar-refractivity contribution >= 4 is 48.9 Å². The summed E-state index contributed by atoms with van der Waals surface area (Å²) >= 11 is 7.59. The van der Waals surface area contributed by atoms with E-state index in [1.54, 1.807) is 13.8 Å². The molecule has 142 valence electrons. The van der Waals surface area contributed by atoms with Crippen molar-refractivity contribution < 1.29 is 13.2 Å². The molecule has 5 nitrogen and oxygen atoms in total. The molecule has 0 bridgehead atoms. The predicted octanol–water partition coefficient (Wildman–Crippen LogP) is 4.12. The number of nitrogens with zero attached hydrogens (tertiary/aromatic N) is 2. The maximum Gasteiger partial charge on any atom is 0.279 e. The fourth-order valence-electron chi connectivity index (χ4n) is 2.72. The second-order valence-electron chi connectivity index (χ2n) is 6.50. The van der Waals surface area contributed by atoms with E-state index in [0.717, 1.165) is 15.8 Å². The normalized spacial score (nSPS) is 12.9. The van der Waals surface area contributed by atoms with Crippen molar-refractivity contribution in [3.05, 3.63) is 57.3 Å². The van der Waals surface area contributed by atoms with E-state index in [1.165, 1.54) is 35.6 Å². The van der Waals surface area contributed by atoms with Crippen molar-refractivity contribution in [2.24, 2.45) is 12.0 Å². The zero-order chi connectivity index (χ0) is 19.9. The van der Waals surface area contributed by atoms with Gasteiger partial charge in [0.2, 0.25) is 0 Å². The van der Waals surface area contributed by atoms with E-state index in [1.807, 2.05) is 30.7 Å². The van der Waals surface area contributed by atoms with Crippen molar-refractivity contribution in [2.45, 2.75) is 30.9 Å². The van der Waals surface area contributed by atoms with Gasteiger partial charge in [0.05, 0.1) is 20.4 Å². The van der Waals surface area contributed by atoms with Crippen molar-refractivity contribution in [3.8, 4) is 0 Å². The van der Waals surface area contributed by atoms with Crippen LogP contribution in [0.25, 0.3) is 10.2 Å². The Balaban J connectivity index is 2.02. The molecule has 0 spiro atoms. The topological polar surface area (TPSA) is 68.5 Å². The van der Waals surface area contributed by atoms with Crippen LogP contribution >= 0.6 is 22.9 Å². The first-order valence-corrected chi connectivity index (χ1v) is 11.0. The molecule has 27 heavy (non-hydrogen) atoms. The molecule has 2 aromatic carbocycles. The Morgan fingerprint density at radius 2 is 1.78 bits per heavy atom. The summed E-state index contributed by atoms with van der Waals surface area (Å²) in [6, 6.07) is 9.63. The second kappa shape index (κ2) is 7.22. The minimum atomic E-state index is -3.37. The number of hydrogen-bond donors (Lipinski definition) is 0. The van der Waals surface area contributed by atoms with Crippen LogP contribution in [0.1, 0.15) is 29.8 Å². The van der Waals surface area contributed by atoms with E-state index in [4.69, 9.17) is 11.6 Å². The van der Waals surface area contributed by atoms with Gasteiger partial charge in [-0.3, -0.25) is 4.79 Å². The van der Waals surface area contributed by atoms with Gasteiger partial charge in [-0.1, -0.05) is 22.9 Å². The molecule has 0 unspecified atom stereocenters. The molecule has 3 aromatic rings. The molecule has 1 amide bonds. The lowest BCUT2D eigenvalue weighted by Gasteiger charge is -2.07. The Labute approximate surface area is 166 Å². The van der Waals surface area contributed by atoms with Crippen LogP contribution in [0.15, 0.2) is 46.3 Å². The van der Waals surface area contributed by atoms with Crippen molar-refractivity contribution in [3.63, 3.8) is 0 Å². The number of aromatic nitrogens is 1. The molecule has 0 saturated carbocycles. The quantitative estimate of drug-likeness (QED) is 0.637. The molecular formula is C19H19ClN2O3S2. The van der Waals surface area contributed by atoms with Crippen molar-refractivity contribution in [1.82, 2.24) is 4.57 Å². The Morgan fingerprint density at radius 1 is 1.15 bits per heavy atom. The second-order valence-corrected chi connectivity index (χ2v) is 10.4. The highest BCUT2D eigenvalue weighted by Crippen LogP contribution is 2.26. The summed E-state index contributed by atoms with van der Waals surface area (Å²) in [6.45, 7) is 5.18. The van der Waals surface area contributed by atoms with Crippen LogP contribution in [0.3, 0.4) is 0 Å². The Hall–Kier alpha value is -1.96. The molecule has 0 atom stereocenters. The fraction of sp³-hybridized carbons (Fsp3) is 0.263. The summed E-state index contributed by atoms with van der Waals surface area (Å²) in [5, 5.41) is 0.145. The zero-order valence-electron chi connectivity index (χ0n) is 15.4. The maximum absolute atomic E-state index is 12.5. The Bertz CT molecular complexity index is 1200. The van der Waals surface area contributed by atoms with Crippen LogP contribution in [0.4, 0.5) is 0 Å². The number of fused-ring (bicyclic) bond motifs is 1. The Kier molecular flexibility index (Phi) is 5.29. The zero-order valence-corrected chi connectivity index (χ0v) is 17.7. The van der Waals surface area contributed by atoms with Gasteiger partial charge in [0.25, 0.3) is 5.91 Å². The molecule has 0 aliphatic carbocycles. The highest BCUT2D eigenvalue weighted by molar-refractivity contribution is 7.92. The molecular weight excluding hydrogens is 404 g/mol. The molecule has 0 aliphatic rings. The summed E-state index contributed by atoms with van der Waals surface area (Å²) in [6.07, 6.45) is 0. The smallest absolute Gasteiger partial charge is 0.279 e. The van der Waals surface area contributed by atoms with E-state index >= 15 is 0 Å². The number of rotatable bonds is 3. The lowest BCUT2D eigenvalue weighted by atomic mass is 10.2. The van der Waals surface area contributed by atoms with Crippen LogP contribution in [-0.4, -0.2) is 24.1 Å². The monoisotopic (exact) mass is 422 g/mol. The standard InChI is InChI=1S/C19H19ClN2O3S2/c1-11(2)27(24,25)14-7-5-13(6-8-14)18(23)21-19-22(4)17-12(3)15(20)9-10-16(17)26-19/h5-11H,1-4H3. The molecule has 8 heteroatoms. The van der Waals surface area contributed by atoms with Gasteiger partial charge in [-0.2, -0.15) is 4.99 Å². The number of halogens is 1. The average Bonchev–Trinajstić information content (AvgIpc) is 2.94. The van der Waals surface area contributed by atoms with Gasteiger partial charge in [0.1, 0.15) is 0 Å². The molecule has 0 radical (unpaired) electrons. The fourth-order valence-corrected chi connectivity index (χ4v) is 5.01. The van der Waals surface area contributed by atoms with Crippen LogP contribution in [-0.2, 0) is 16.9 Å². The molecule has 0 saturated heterocycles. The lowest BCUT2D eigenvalue weighted by Crippen LogP contribution is -2.15. The third kappa shape index (κ3) is 3.59. The molecule has 0 aliphatic heterocycles. The third-order valence-electron chi connectivity index (χ3n) is 4.40. The number of hydrogen-bond acceptors (Lipinski definition) is 4.